The standard InChI is InChI=1S/C7H12ClNOS/c1-3-11-6-4-7(2,5-8)10-9-6/h3-5H2,1-2H3. The third-order valence-electron chi connectivity index (χ3n) is 1.49. The largest absolute Gasteiger partial charge is 0.387 e. The first-order valence-corrected chi connectivity index (χ1v) is 5.16. The smallest absolute Gasteiger partial charge is 0.154 e. The van der Waals surface area contributed by atoms with Gasteiger partial charge in [-0.3, -0.25) is 0 Å². The maximum absolute atomic E-state index is 5.71. The van der Waals surface area contributed by atoms with E-state index in [1.165, 1.54) is 0 Å². The van der Waals surface area contributed by atoms with Gasteiger partial charge in [0.05, 0.1) is 5.88 Å². The van der Waals surface area contributed by atoms with E-state index in [2.05, 4.69) is 12.1 Å². The molecule has 0 aliphatic carbocycles. The molecule has 0 spiro atoms. The zero-order chi connectivity index (χ0) is 8.32. The van der Waals surface area contributed by atoms with Gasteiger partial charge >= 0.3 is 0 Å². The second kappa shape index (κ2) is 3.68. The lowest BCUT2D eigenvalue weighted by Gasteiger charge is -2.16. The summed E-state index contributed by atoms with van der Waals surface area (Å²) in [7, 11) is 0. The van der Waals surface area contributed by atoms with Crippen molar-refractivity contribution in [3.05, 3.63) is 0 Å². The van der Waals surface area contributed by atoms with Crippen LogP contribution in [0, 0.1) is 0 Å². The summed E-state index contributed by atoms with van der Waals surface area (Å²) in [6, 6.07) is 0. The molecule has 1 heterocycles. The van der Waals surface area contributed by atoms with E-state index < -0.39 is 0 Å². The van der Waals surface area contributed by atoms with E-state index in [1.807, 2.05) is 6.92 Å². The number of hydrogen-bond donors (Lipinski definition) is 0. The summed E-state index contributed by atoms with van der Waals surface area (Å²) >= 11 is 7.43. The van der Waals surface area contributed by atoms with Crippen LogP contribution < -0.4 is 0 Å². The summed E-state index contributed by atoms with van der Waals surface area (Å²) in [5.74, 6) is 1.55. The van der Waals surface area contributed by atoms with E-state index in [9.17, 15) is 0 Å². The van der Waals surface area contributed by atoms with Gasteiger partial charge in [-0.1, -0.05) is 12.1 Å². The van der Waals surface area contributed by atoms with Crippen molar-refractivity contribution in [2.24, 2.45) is 5.16 Å². The molecule has 0 aromatic carbocycles. The highest BCUT2D eigenvalue weighted by molar-refractivity contribution is 8.13. The van der Waals surface area contributed by atoms with E-state index in [1.54, 1.807) is 11.8 Å². The fourth-order valence-corrected chi connectivity index (χ4v) is 1.84. The molecule has 0 fully saturated rings. The van der Waals surface area contributed by atoms with Crippen LogP contribution in [0.2, 0.25) is 0 Å². The molecule has 1 unspecified atom stereocenters. The SMILES string of the molecule is CCSC1=NOC(C)(CCl)C1. The van der Waals surface area contributed by atoms with Gasteiger partial charge in [-0.05, 0) is 12.7 Å². The van der Waals surface area contributed by atoms with Gasteiger partial charge in [0, 0.05) is 6.42 Å². The molecule has 0 saturated carbocycles. The van der Waals surface area contributed by atoms with Gasteiger partial charge in [-0.25, -0.2) is 0 Å². The number of rotatable bonds is 2. The van der Waals surface area contributed by atoms with Crippen LogP contribution in [0.5, 0.6) is 0 Å². The normalized spacial score (nSPS) is 29.9. The average molecular weight is 194 g/mol. The first-order chi connectivity index (χ1) is 5.20. The van der Waals surface area contributed by atoms with Crippen molar-refractivity contribution in [1.82, 2.24) is 0 Å². The fraction of sp³-hybridized carbons (Fsp3) is 0.857. The lowest BCUT2D eigenvalue weighted by molar-refractivity contribution is 0.0152. The molecule has 11 heavy (non-hydrogen) atoms. The van der Waals surface area contributed by atoms with Gasteiger partial charge in [-0.15, -0.1) is 23.4 Å². The molecule has 0 amide bonds. The Bertz CT molecular complexity index is 174. The van der Waals surface area contributed by atoms with Crippen LogP contribution in [-0.2, 0) is 4.84 Å². The van der Waals surface area contributed by atoms with Crippen LogP contribution in [-0.4, -0.2) is 22.3 Å². The Morgan fingerprint density at radius 2 is 2.55 bits per heavy atom. The third kappa shape index (κ3) is 2.27. The average Bonchev–Trinajstić information content (AvgIpc) is 2.35. The maximum Gasteiger partial charge on any atom is 0.154 e. The van der Waals surface area contributed by atoms with Crippen molar-refractivity contribution in [2.75, 3.05) is 11.6 Å². The summed E-state index contributed by atoms with van der Waals surface area (Å²) in [5.41, 5.74) is -0.251. The summed E-state index contributed by atoms with van der Waals surface area (Å²) in [4.78, 5) is 5.19. The van der Waals surface area contributed by atoms with Gasteiger partial charge in [0.25, 0.3) is 0 Å². The lowest BCUT2D eigenvalue weighted by atomic mass is 10.1. The van der Waals surface area contributed by atoms with Crippen molar-refractivity contribution in [3.63, 3.8) is 0 Å². The highest BCUT2D eigenvalue weighted by Crippen LogP contribution is 2.28. The van der Waals surface area contributed by atoms with Crippen LogP contribution in [0.25, 0.3) is 0 Å². The number of oxime groups is 1. The van der Waals surface area contributed by atoms with Crippen molar-refractivity contribution in [2.45, 2.75) is 25.9 Å². The predicted molar refractivity (Wildman–Crippen MR) is 50.4 cm³/mol. The molecule has 0 aromatic rings. The van der Waals surface area contributed by atoms with Crippen LogP contribution in [0.1, 0.15) is 20.3 Å². The number of hydrogen-bond acceptors (Lipinski definition) is 3. The molecule has 0 radical (unpaired) electrons. The zero-order valence-corrected chi connectivity index (χ0v) is 8.34. The number of alkyl halides is 1. The Labute approximate surface area is 76.3 Å². The molecule has 1 atom stereocenters. The van der Waals surface area contributed by atoms with Crippen molar-refractivity contribution in [1.29, 1.82) is 0 Å². The summed E-state index contributed by atoms with van der Waals surface area (Å²) in [6.45, 7) is 4.08. The Kier molecular flexibility index (Phi) is 3.07. The summed E-state index contributed by atoms with van der Waals surface area (Å²) < 4.78 is 0. The predicted octanol–water partition coefficient (Wildman–Crippen LogP) is 2.47. The molecular formula is C7H12ClNOS. The third-order valence-corrected chi connectivity index (χ3v) is 2.89. The second-order valence-corrected chi connectivity index (χ2v) is 4.37. The van der Waals surface area contributed by atoms with E-state index >= 15 is 0 Å². The molecule has 1 aliphatic heterocycles. The lowest BCUT2D eigenvalue weighted by Crippen LogP contribution is -2.26. The Morgan fingerprint density at radius 1 is 1.82 bits per heavy atom. The van der Waals surface area contributed by atoms with Gasteiger partial charge in [0.1, 0.15) is 5.04 Å². The molecule has 4 heteroatoms. The quantitative estimate of drug-likeness (QED) is 0.629. The van der Waals surface area contributed by atoms with Gasteiger partial charge in [0.15, 0.2) is 5.60 Å². The minimum Gasteiger partial charge on any atom is -0.387 e. The van der Waals surface area contributed by atoms with Crippen LogP contribution in [0.4, 0.5) is 0 Å². The van der Waals surface area contributed by atoms with E-state index in [-0.39, 0.29) is 5.60 Å². The monoisotopic (exact) mass is 193 g/mol. The van der Waals surface area contributed by atoms with E-state index in [0.29, 0.717) is 5.88 Å². The van der Waals surface area contributed by atoms with Gasteiger partial charge in [0.2, 0.25) is 0 Å². The summed E-state index contributed by atoms with van der Waals surface area (Å²) in [5, 5.41) is 5.01. The van der Waals surface area contributed by atoms with E-state index in [0.717, 1.165) is 17.2 Å². The van der Waals surface area contributed by atoms with Crippen molar-refractivity contribution >= 4 is 28.4 Å². The van der Waals surface area contributed by atoms with E-state index in [4.69, 9.17) is 16.4 Å². The van der Waals surface area contributed by atoms with Crippen LogP contribution in [0.3, 0.4) is 0 Å². The molecule has 0 bridgehead atoms. The highest BCUT2D eigenvalue weighted by atomic mass is 35.5. The maximum atomic E-state index is 5.71. The molecule has 64 valence electrons. The molecule has 0 N–H and O–H groups in total. The van der Waals surface area contributed by atoms with Crippen LogP contribution in [0.15, 0.2) is 5.16 Å². The Balaban J connectivity index is 2.42. The molecule has 2 nitrogen and oxygen atoms in total. The number of thioether (sulfide) groups is 1. The topological polar surface area (TPSA) is 21.6 Å². The number of halogens is 1. The van der Waals surface area contributed by atoms with Gasteiger partial charge in [-0.2, -0.15) is 0 Å². The summed E-state index contributed by atoms with van der Waals surface area (Å²) in [6.07, 6.45) is 0.856. The highest BCUT2D eigenvalue weighted by Gasteiger charge is 2.33. The van der Waals surface area contributed by atoms with Gasteiger partial charge < -0.3 is 4.84 Å². The van der Waals surface area contributed by atoms with Crippen molar-refractivity contribution < 1.29 is 4.84 Å². The minimum atomic E-state index is -0.251. The Morgan fingerprint density at radius 3 is 3.00 bits per heavy atom. The molecule has 1 rings (SSSR count). The first kappa shape index (κ1) is 9.20. The molecule has 0 saturated heterocycles. The second-order valence-electron chi connectivity index (χ2n) is 2.77. The van der Waals surface area contributed by atoms with Crippen molar-refractivity contribution in [3.8, 4) is 0 Å². The Hall–Kier alpha value is 0.110. The zero-order valence-electron chi connectivity index (χ0n) is 6.76. The molecular weight excluding hydrogens is 182 g/mol. The molecule has 0 aromatic heterocycles. The minimum absolute atomic E-state index is 0.251. The first-order valence-electron chi connectivity index (χ1n) is 3.64. The molecule has 1 aliphatic rings. The fourth-order valence-electron chi connectivity index (χ4n) is 0.861. The number of nitrogens with zero attached hydrogens (tertiary/aromatic N) is 1. The van der Waals surface area contributed by atoms with Crippen LogP contribution >= 0.6 is 23.4 Å².